The van der Waals surface area contributed by atoms with Gasteiger partial charge in [0, 0.05) is 12.1 Å². The van der Waals surface area contributed by atoms with Gasteiger partial charge in [0.15, 0.2) is 17.4 Å². The zero-order valence-electron chi connectivity index (χ0n) is 11.3. The van der Waals surface area contributed by atoms with Gasteiger partial charge in [-0.3, -0.25) is 4.72 Å². The summed E-state index contributed by atoms with van der Waals surface area (Å²) >= 11 is 0. The van der Waals surface area contributed by atoms with E-state index in [2.05, 4.69) is 4.74 Å². The Bertz CT molecular complexity index is 838. The minimum Gasteiger partial charge on any atom is -0.491 e. The van der Waals surface area contributed by atoms with Gasteiger partial charge in [-0.2, -0.15) is 5.26 Å². The van der Waals surface area contributed by atoms with Crippen LogP contribution in [0.1, 0.15) is 5.56 Å². The summed E-state index contributed by atoms with van der Waals surface area (Å²) in [4.78, 5) is -0.283. The molecule has 0 fully saturated rings. The molecular weight excluding hydrogens is 314 g/mol. The summed E-state index contributed by atoms with van der Waals surface area (Å²) in [5.41, 5.74) is -0.395. The van der Waals surface area contributed by atoms with Crippen LogP contribution in [0.5, 0.6) is 5.75 Å². The van der Waals surface area contributed by atoms with Gasteiger partial charge in [-0.05, 0) is 12.1 Å². The standard InChI is InChI=1S/C14H10F2N2O3S/c1-21-14-11(15)6-10(7-12(14)16)18-22(19,20)13-5-3-2-4-9(13)8-17/h2-7,18H,1H3. The van der Waals surface area contributed by atoms with Crippen molar-refractivity contribution in [2.75, 3.05) is 11.8 Å². The fourth-order valence-electron chi connectivity index (χ4n) is 1.82. The lowest BCUT2D eigenvalue weighted by Crippen LogP contribution is -2.14. The molecule has 5 nitrogen and oxygen atoms in total. The topological polar surface area (TPSA) is 79.2 Å². The van der Waals surface area contributed by atoms with Gasteiger partial charge in [-0.25, -0.2) is 17.2 Å². The summed E-state index contributed by atoms with van der Waals surface area (Å²) in [5.74, 6) is -2.71. The molecule has 2 rings (SSSR count). The first-order valence-electron chi connectivity index (χ1n) is 5.94. The number of nitrogens with zero attached hydrogens (tertiary/aromatic N) is 1. The van der Waals surface area contributed by atoms with Gasteiger partial charge in [0.2, 0.25) is 0 Å². The van der Waals surface area contributed by atoms with Crippen molar-refractivity contribution in [3.8, 4) is 11.8 Å². The average molecular weight is 324 g/mol. The number of benzene rings is 2. The van der Waals surface area contributed by atoms with Crippen LogP contribution in [0.2, 0.25) is 0 Å². The number of ether oxygens (including phenoxy) is 1. The monoisotopic (exact) mass is 324 g/mol. The Hall–Kier alpha value is -2.66. The second-order valence-corrected chi connectivity index (χ2v) is 5.84. The summed E-state index contributed by atoms with van der Waals surface area (Å²) in [7, 11) is -3.06. The van der Waals surface area contributed by atoms with Crippen LogP contribution in [0.4, 0.5) is 14.5 Å². The number of halogens is 2. The molecule has 0 radical (unpaired) electrons. The molecule has 2 aromatic rings. The van der Waals surface area contributed by atoms with Crippen molar-refractivity contribution in [3.05, 3.63) is 53.6 Å². The largest absolute Gasteiger partial charge is 0.491 e. The highest BCUT2D eigenvalue weighted by Gasteiger charge is 2.20. The van der Waals surface area contributed by atoms with E-state index in [-0.39, 0.29) is 16.1 Å². The summed E-state index contributed by atoms with van der Waals surface area (Å²) in [6.07, 6.45) is 0. The van der Waals surface area contributed by atoms with Crippen molar-refractivity contribution < 1.29 is 21.9 Å². The predicted octanol–water partition coefficient (Wildman–Crippen LogP) is 2.65. The van der Waals surface area contributed by atoms with Gasteiger partial charge in [0.25, 0.3) is 10.0 Å². The molecule has 0 saturated carbocycles. The smallest absolute Gasteiger partial charge is 0.263 e. The molecule has 8 heteroatoms. The summed E-state index contributed by atoms with van der Waals surface area (Å²) in [5, 5.41) is 8.93. The molecule has 1 N–H and O–H groups in total. The zero-order chi connectivity index (χ0) is 16.3. The van der Waals surface area contributed by atoms with E-state index >= 15 is 0 Å². The number of anilines is 1. The Balaban J connectivity index is 2.44. The normalized spacial score (nSPS) is 10.8. The van der Waals surface area contributed by atoms with E-state index in [1.807, 2.05) is 4.72 Å². The van der Waals surface area contributed by atoms with E-state index < -0.39 is 27.4 Å². The quantitative estimate of drug-likeness (QED) is 0.937. The molecule has 0 aliphatic rings. The molecular formula is C14H10F2N2O3S. The van der Waals surface area contributed by atoms with Gasteiger partial charge in [0.1, 0.15) is 11.0 Å². The number of methoxy groups -OCH3 is 1. The number of hydrogen-bond donors (Lipinski definition) is 1. The van der Waals surface area contributed by atoms with Gasteiger partial charge in [0.05, 0.1) is 18.4 Å². The highest BCUT2D eigenvalue weighted by Crippen LogP contribution is 2.27. The van der Waals surface area contributed by atoms with Crippen LogP contribution in [0.15, 0.2) is 41.3 Å². The molecule has 0 saturated heterocycles. The molecule has 0 bridgehead atoms. The maximum absolute atomic E-state index is 13.6. The summed E-state index contributed by atoms with van der Waals surface area (Å²) in [6.45, 7) is 0. The molecule has 0 aliphatic heterocycles. The fourth-order valence-corrected chi connectivity index (χ4v) is 3.02. The van der Waals surface area contributed by atoms with Crippen LogP contribution in [0.3, 0.4) is 0 Å². The number of hydrogen-bond acceptors (Lipinski definition) is 4. The van der Waals surface area contributed by atoms with Crippen molar-refractivity contribution in [2.24, 2.45) is 0 Å². The maximum atomic E-state index is 13.6. The van der Waals surface area contributed by atoms with Crippen molar-refractivity contribution in [1.82, 2.24) is 0 Å². The fraction of sp³-hybridized carbons (Fsp3) is 0.0714. The van der Waals surface area contributed by atoms with Gasteiger partial charge in [-0.1, -0.05) is 12.1 Å². The van der Waals surface area contributed by atoms with E-state index in [1.54, 1.807) is 6.07 Å². The molecule has 0 spiro atoms. The van der Waals surface area contributed by atoms with Gasteiger partial charge >= 0.3 is 0 Å². The maximum Gasteiger partial charge on any atom is 0.263 e. The average Bonchev–Trinajstić information content (AvgIpc) is 2.46. The van der Waals surface area contributed by atoms with Crippen molar-refractivity contribution in [1.29, 1.82) is 5.26 Å². The number of nitrogens with one attached hydrogen (secondary N) is 1. The van der Waals surface area contributed by atoms with Crippen LogP contribution in [0.25, 0.3) is 0 Å². The van der Waals surface area contributed by atoms with E-state index in [4.69, 9.17) is 5.26 Å². The van der Waals surface area contributed by atoms with Gasteiger partial charge < -0.3 is 4.74 Å². The molecule has 2 aromatic carbocycles. The van der Waals surface area contributed by atoms with Crippen LogP contribution >= 0.6 is 0 Å². The summed E-state index contributed by atoms with van der Waals surface area (Å²) in [6, 6.07) is 8.80. The van der Waals surface area contributed by atoms with Crippen LogP contribution in [-0.2, 0) is 10.0 Å². The highest BCUT2D eigenvalue weighted by molar-refractivity contribution is 7.92. The van der Waals surface area contributed by atoms with E-state index in [1.165, 1.54) is 24.3 Å². The lowest BCUT2D eigenvalue weighted by molar-refractivity contribution is 0.360. The van der Waals surface area contributed by atoms with E-state index in [0.717, 1.165) is 19.2 Å². The van der Waals surface area contributed by atoms with Crippen molar-refractivity contribution in [3.63, 3.8) is 0 Å². The number of rotatable bonds is 4. The molecule has 0 aliphatic carbocycles. The van der Waals surface area contributed by atoms with Crippen molar-refractivity contribution >= 4 is 15.7 Å². The summed E-state index contributed by atoms with van der Waals surface area (Å²) < 4.78 is 58.1. The first kappa shape index (κ1) is 15.7. The zero-order valence-corrected chi connectivity index (χ0v) is 12.1. The van der Waals surface area contributed by atoms with Gasteiger partial charge in [-0.15, -0.1) is 0 Å². The second-order valence-electron chi connectivity index (χ2n) is 4.19. The van der Waals surface area contributed by atoms with E-state index in [0.29, 0.717) is 0 Å². The molecule has 22 heavy (non-hydrogen) atoms. The number of nitriles is 1. The van der Waals surface area contributed by atoms with Crippen LogP contribution in [-0.4, -0.2) is 15.5 Å². The molecule has 0 atom stereocenters. The Morgan fingerprint density at radius 3 is 2.32 bits per heavy atom. The Labute approximate surface area is 125 Å². The molecule has 0 heterocycles. The third kappa shape index (κ3) is 2.99. The molecule has 0 unspecified atom stereocenters. The predicted molar refractivity (Wildman–Crippen MR) is 74.9 cm³/mol. The SMILES string of the molecule is COc1c(F)cc(NS(=O)(=O)c2ccccc2C#N)cc1F. The second kappa shape index (κ2) is 5.99. The molecule has 0 aromatic heterocycles. The Kier molecular flexibility index (Phi) is 4.28. The molecule has 114 valence electrons. The number of sulfonamides is 1. The van der Waals surface area contributed by atoms with Crippen molar-refractivity contribution in [2.45, 2.75) is 4.90 Å². The Morgan fingerprint density at radius 2 is 1.77 bits per heavy atom. The van der Waals surface area contributed by atoms with Crippen LogP contribution in [0, 0.1) is 23.0 Å². The lowest BCUT2D eigenvalue weighted by atomic mass is 10.2. The first-order chi connectivity index (χ1) is 10.4. The Morgan fingerprint density at radius 1 is 1.18 bits per heavy atom. The minimum atomic E-state index is -4.16. The third-order valence-corrected chi connectivity index (χ3v) is 4.19. The third-order valence-electron chi connectivity index (χ3n) is 2.75. The molecule has 0 amide bonds. The minimum absolute atomic E-state index is 0.0792. The van der Waals surface area contributed by atoms with Crippen LogP contribution < -0.4 is 9.46 Å². The van der Waals surface area contributed by atoms with E-state index in [9.17, 15) is 17.2 Å². The highest BCUT2D eigenvalue weighted by atomic mass is 32.2. The lowest BCUT2D eigenvalue weighted by Gasteiger charge is -2.11. The first-order valence-corrected chi connectivity index (χ1v) is 7.42.